The van der Waals surface area contributed by atoms with E-state index in [-0.39, 0.29) is 5.78 Å². The van der Waals surface area contributed by atoms with E-state index >= 15 is 0 Å². The van der Waals surface area contributed by atoms with E-state index < -0.39 is 0 Å². The Bertz CT molecular complexity index is 700. The van der Waals surface area contributed by atoms with Crippen LogP contribution in [0, 0.1) is 0 Å². The van der Waals surface area contributed by atoms with Crippen LogP contribution in [0.25, 0.3) is 10.9 Å². The van der Waals surface area contributed by atoms with E-state index in [9.17, 15) is 4.79 Å². The summed E-state index contributed by atoms with van der Waals surface area (Å²) < 4.78 is 7.70. The first-order valence-corrected chi connectivity index (χ1v) is 8.80. The summed E-state index contributed by atoms with van der Waals surface area (Å²) in [5.41, 5.74) is 1.81. The molecule has 1 aromatic carbocycles. The molecule has 1 saturated heterocycles. The molecule has 1 N–H and O–H groups in total. The number of rotatable bonds is 6. The Morgan fingerprint density at radius 3 is 2.92 bits per heavy atom. The molecule has 2 aromatic rings. The highest BCUT2D eigenvalue weighted by Gasteiger charge is 2.15. The van der Waals surface area contributed by atoms with Crippen molar-refractivity contribution in [1.29, 1.82) is 0 Å². The van der Waals surface area contributed by atoms with Crippen molar-refractivity contribution in [1.82, 2.24) is 14.8 Å². The SMILES string of the molecule is COc1cccc2c(C(C)=O)cn(CCCN3CCCNCC3)c12. The van der Waals surface area contributed by atoms with Crippen molar-refractivity contribution >= 4 is 16.7 Å². The van der Waals surface area contributed by atoms with Crippen LogP contribution in [0.1, 0.15) is 30.1 Å². The Labute approximate surface area is 143 Å². The average Bonchev–Trinajstić information content (AvgIpc) is 2.77. The number of carbonyl (C=O) groups is 1. The van der Waals surface area contributed by atoms with E-state index in [1.807, 2.05) is 24.4 Å². The smallest absolute Gasteiger partial charge is 0.161 e. The number of aromatic nitrogens is 1. The summed E-state index contributed by atoms with van der Waals surface area (Å²) in [5.74, 6) is 0.935. The van der Waals surface area contributed by atoms with Gasteiger partial charge in [0, 0.05) is 36.8 Å². The molecule has 0 atom stereocenters. The number of para-hydroxylation sites is 1. The molecule has 5 heteroatoms. The number of nitrogens with zero attached hydrogens (tertiary/aromatic N) is 2. The van der Waals surface area contributed by atoms with Crippen LogP contribution in [-0.2, 0) is 6.54 Å². The zero-order valence-electron chi connectivity index (χ0n) is 14.7. The number of Topliss-reactive ketones (excluding diaryl/α,β-unsaturated/α-hetero) is 1. The number of hydrogen-bond donors (Lipinski definition) is 1. The van der Waals surface area contributed by atoms with Crippen LogP contribution in [-0.4, -0.2) is 55.1 Å². The number of methoxy groups -OCH3 is 1. The fraction of sp³-hybridized carbons (Fsp3) is 0.526. The molecule has 0 saturated carbocycles. The number of aryl methyl sites for hydroxylation is 1. The predicted molar refractivity (Wildman–Crippen MR) is 97.0 cm³/mol. The minimum atomic E-state index is 0.102. The van der Waals surface area contributed by atoms with Gasteiger partial charge in [-0.2, -0.15) is 0 Å². The van der Waals surface area contributed by atoms with Gasteiger partial charge in [-0.1, -0.05) is 12.1 Å². The molecule has 24 heavy (non-hydrogen) atoms. The molecule has 0 amide bonds. The third kappa shape index (κ3) is 3.62. The summed E-state index contributed by atoms with van der Waals surface area (Å²) in [5, 5.41) is 4.43. The molecule has 1 aromatic heterocycles. The maximum Gasteiger partial charge on any atom is 0.161 e. The van der Waals surface area contributed by atoms with E-state index in [0.29, 0.717) is 0 Å². The van der Waals surface area contributed by atoms with Gasteiger partial charge in [0.15, 0.2) is 5.78 Å². The molecule has 0 unspecified atom stereocenters. The van der Waals surface area contributed by atoms with Gasteiger partial charge >= 0.3 is 0 Å². The lowest BCUT2D eigenvalue weighted by Crippen LogP contribution is -2.29. The minimum absolute atomic E-state index is 0.102. The second-order valence-electron chi connectivity index (χ2n) is 6.45. The molecule has 0 spiro atoms. The highest BCUT2D eigenvalue weighted by atomic mass is 16.5. The lowest BCUT2D eigenvalue weighted by atomic mass is 10.1. The molecule has 0 radical (unpaired) electrons. The number of carbonyl (C=O) groups excluding carboxylic acids is 1. The highest BCUT2D eigenvalue weighted by molar-refractivity contribution is 6.08. The zero-order chi connectivity index (χ0) is 16.9. The average molecular weight is 329 g/mol. The lowest BCUT2D eigenvalue weighted by molar-refractivity contribution is 0.101. The standard InChI is InChI=1S/C19H27N3O2/c1-15(23)17-14-22(19-16(17)6-3-7-18(19)24-2)12-5-11-21-10-4-8-20-9-13-21/h3,6-7,14,20H,4-5,8-13H2,1-2H3. The Kier molecular flexibility index (Phi) is 5.53. The first kappa shape index (κ1) is 17.0. The van der Waals surface area contributed by atoms with Gasteiger partial charge in [0.2, 0.25) is 0 Å². The molecule has 3 rings (SSSR count). The van der Waals surface area contributed by atoms with Crippen LogP contribution in [0.15, 0.2) is 24.4 Å². The first-order chi connectivity index (χ1) is 11.7. The van der Waals surface area contributed by atoms with Crippen molar-refractivity contribution < 1.29 is 9.53 Å². The number of fused-ring (bicyclic) bond motifs is 1. The Morgan fingerprint density at radius 1 is 1.25 bits per heavy atom. The minimum Gasteiger partial charge on any atom is -0.495 e. The number of ether oxygens (including phenoxy) is 1. The van der Waals surface area contributed by atoms with Gasteiger partial charge < -0.3 is 19.5 Å². The first-order valence-electron chi connectivity index (χ1n) is 8.80. The summed E-state index contributed by atoms with van der Waals surface area (Å²) >= 11 is 0. The van der Waals surface area contributed by atoms with Crippen LogP contribution >= 0.6 is 0 Å². The molecule has 0 bridgehead atoms. The summed E-state index contributed by atoms with van der Waals surface area (Å²) in [6, 6.07) is 5.91. The summed E-state index contributed by atoms with van der Waals surface area (Å²) in [4.78, 5) is 14.5. The fourth-order valence-electron chi connectivity index (χ4n) is 3.54. The maximum absolute atomic E-state index is 12.0. The largest absolute Gasteiger partial charge is 0.495 e. The van der Waals surface area contributed by atoms with Crippen molar-refractivity contribution in [3.63, 3.8) is 0 Å². The van der Waals surface area contributed by atoms with Crippen LogP contribution in [0.3, 0.4) is 0 Å². The van der Waals surface area contributed by atoms with Gasteiger partial charge in [-0.3, -0.25) is 4.79 Å². The second-order valence-corrected chi connectivity index (χ2v) is 6.45. The Morgan fingerprint density at radius 2 is 2.12 bits per heavy atom. The van der Waals surface area contributed by atoms with Gasteiger partial charge in [0.05, 0.1) is 12.6 Å². The van der Waals surface area contributed by atoms with Gasteiger partial charge in [-0.15, -0.1) is 0 Å². The number of hydrogen-bond acceptors (Lipinski definition) is 4. The zero-order valence-corrected chi connectivity index (χ0v) is 14.7. The van der Waals surface area contributed by atoms with Crippen molar-refractivity contribution in [2.75, 3.05) is 39.8 Å². The molecule has 1 aliphatic rings. The molecule has 2 heterocycles. The monoisotopic (exact) mass is 329 g/mol. The Hall–Kier alpha value is -1.85. The fourth-order valence-corrected chi connectivity index (χ4v) is 3.54. The van der Waals surface area contributed by atoms with Crippen LogP contribution in [0.4, 0.5) is 0 Å². The third-order valence-corrected chi connectivity index (χ3v) is 4.77. The van der Waals surface area contributed by atoms with Crippen LogP contribution in [0.2, 0.25) is 0 Å². The summed E-state index contributed by atoms with van der Waals surface area (Å²) in [6.45, 7) is 8.10. The summed E-state index contributed by atoms with van der Waals surface area (Å²) in [6.07, 6.45) is 4.27. The van der Waals surface area contributed by atoms with Gasteiger partial charge in [-0.05, 0) is 45.5 Å². The highest BCUT2D eigenvalue weighted by Crippen LogP contribution is 2.30. The number of ketones is 1. The van der Waals surface area contributed by atoms with Gasteiger partial charge in [0.25, 0.3) is 0 Å². The van der Waals surface area contributed by atoms with Crippen LogP contribution in [0.5, 0.6) is 5.75 Å². The molecule has 1 aliphatic heterocycles. The quantitative estimate of drug-likeness (QED) is 0.828. The van der Waals surface area contributed by atoms with Gasteiger partial charge in [0.1, 0.15) is 5.75 Å². The van der Waals surface area contributed by atoms with E-state index in [0.717, 1.165) is 61.4 Å². The molecule has 130 valence electrons. The molecule has 5 nitrogen and oxygen atoms in total. The van der Waals surface area contributed by atoms with E-state index in [1.165, 1.54) is 13.0 Å². The number of benzene rings is 1. The normalized spacial score (nSPS) is 16.2. The lowest BCUT2D eigenvalue weighted by Gasteiger charge is -2.19. The molecule has 0 aliphatic carbocycles. The van der Waals surface area contributed by atoms with E-state index in [2.05, 4.69) is 14.8 Å². The maximum atomic E-state index is 12.0. The van der Waals surface area contributed by atoms with Crippen LogP contribution < -0.4 is 10.1 Å². The Balaban J connectivity index is 1.77. The van der Waals surface area contributed by atoms with E-state index in [1.54, 1.807) is 14.0 Å². The van der Waals surface area contributed by atoms with Crippen molar-refractivity contribution in [2.45, 2.75) is 26.3 Å². The molecule has 1 fully saturated rings. The summed E-state index contributed by atoms with van der Waals surface area (Å²) in [7, 11) is 1.68. The third-order valence-electron chi connectivity index (χ3n) is 4.77. The topological polar surface area (TPSA) is 46.5 Å². The van der Waals surface area contributed by atoms with Crippen molar-refractivity contribution in [2.24, 2.45) is 0 Å². The second kappa shape index (κ2) is 7.81. The van der Waals surface area contributed by atoms with E-state index in [4.69, 9.17) is 4.74 Å². The van der Waals surface area contributed by atoms with Gasteiger partial charge in [-0.25, -0.2) is 0 Å². The molecular weight excluding hydrogens is 302 g/mol. The molecular formula is C19H27N3O2. The van der Waals surface area contributed by atoms with Crippen molar-refractivity contribution in [3.8, 4) is 5.75 Å². The predicted octanol–water partition coefficient (Wildman–Crippen LogP) is 2.54. The van der Waals surface area contributed by atoms with Crippen molar-refractivity contribution in [3.05, 3.63) is 30.0 Å². The number of nitrogens with one attached hydrogen (secondary N) is 1.